The third kappa shape index (κ3) is 4.37. The van der Waals surface area contributed by atoms with Gasteiger partial charge in [0.15, 0.2) is 0 Å². The maximum Gasteiger partial charge on any atom is 0.223 e. The van der Waals surface area contributed by atoms with Gasteiger partial charge in [0, 0.05) is 24.2 Å². The summed E-state index contributed by atoms with van der Waals surface area (Å²) in [7, 11) is 0. The minimum atomic E-state index is -0.0620. The second-order valence-electron chi connectivity index (χ2n) is 6.90. The highest BCUT2D eigenvalue weighted by Crippen LogP contribution is 2.26. The second-order valence-corrected chi connectivity index (χ2v) is 6.90. The maximum absolute atomic E-state index is 12.6. The van der Waals surface area contributed by atoms with Gasteiger partial charge in [0.1, 0.15) is 5.75 Å². The van der Waals surface area contributed by atoms with E-state index in [9.17, 15) is 4.79 Å². The molecule has 0 saturated carbocycles. The predicted molar refractivity (Wildman–Crippen MR) is 103 cm³/mol. The number of hydrogen-bond acceptors (Lipinski definition) is 3. The first-order chi connectivity index (χ1) is 13.3. The molecule has 138 valence electrons. The third-order valence-corrected chi connectivity index (χ3v) is 4.87. The molecule has 0 aliphatic carbocycles. The third-order valence-electron chi connectivity index (χ3n) is 4.87. The van der Waals surface area contributed by atoms with Crippen molar-refractivity contribution < 1.29 is 9.53 Å². The van der Waals surface area contributed by atoms with Crippen LogP contribution in [-0.2, 0) is 24.3 Å². The van der Waals surface area contributed by atoms with Crippen LogP contribution in [0.2, 0.25) is 0 Å². The summed E-state index contributed by atoms with van der Waals surface area (Å²) in [5.41, 5.74) is 3.31. The number of nitrogens with one attached hydrogen (secondary N) is 1. The SMILES string of the molecule is O=C(NCc1cnn(Cc2ccccc2)c1)[C@H]1CCOc2ccccc2C1. The highest BCUT2D eigenvalue weighted by molar-refractivity contribution is 5.79. The van der Waals surface area contributed by atoms with E-state index in [0.29, 0.717) is 13.2 Å². The smallest absolute Gasteiger partial charge is 0.223 e. The van der Waals surface area contributed by atoms with Crippen molar-refractivity contribution >= 4 is 5.91 Å². The monoisotopic (exact) mass is 361 g/mol. The van der Waals surface area contributed by atoms with Gasteiger partial charge in [-0.15, -0.1) is 0 Å². The molecule has 4 rings (SSSR count). The number of aromatic nitrogens is 2. The van der Waals surface area contributed by atoms with Gasteiger partial charge in [-0.3, -0.25) is 9.48 Å². The Morgan fingerprint density at radius 3 is 2.81 bits per heavy atom. The number of para-hydroxylation sites is 1. The first-order valence-corrected chi connectivity index (χ1v) is 9.31. The standard InChI is InChI=1S/C22H23N3O2/c26-22(20-10-11-27-21-9-5-4-8-19(21)12-20)23-13-18-14-24-25(16-18)15-17-6-2-1-3-7-17/h1-9,14,16,20H,10-13,15H2,(H,23,26)/t20-/m0/s1. The Morgan fingerprint density at radius 2 is 1.93 bits per heavy atom. The molecule has 27 heavy (non-hydrogen) atoms. The van der Waals surface area contributed by atoms with Gasteiger partial charge in [0.2, 0.25) is 5.91 Å². The normalized spacial score (nSPS) is 16.1. The minimum absolute atomic E-state index is 0.0620. The van der Waals surface area contributed by atoms with E-state index in [1.54, 1.807) is 0 Å². The summed E-state index contributed by atoms with van der Waals surface area (Å²) in [4.78, 5) is 12.6. The van der Waals surface area contributed by atoms with E-state index in [2.05, 4.69) is 22.5 Å². The molecule has 0 unspecified atom stereocenters. The van der Waals surface area contributed by atoms with Gasteiger partial charge in [0.25, 0.3) is 0 Å². The van der Waals surface area contributed by atoms with Gasteiger partial charge in [0.05, 0.1) is 19.3 Å². The molecule has 1 atom stereocenters. The van der Waals surface area contributed by atoms with Gasteiger partial charge >= 0.3 is 0 Å². The van der Waals surface area contributed by atoms with Gasteiger partial charge in [-0.05, 0) is 30.0 Å². The highest BCUT2D eigenvalue weighted by atomic mass is 16.5. The van der Waals surface area contributed by atoms with E-state index in [1.165, 1.54) is 5.56 Å². The fraction of sp³-hybridized carbons (Fsp3) is 0.273. The van der Waals surface area contributed by atoms with Crippen molar-refractivity contribution in [3.8, 4) is 5.75 Å². The minimum Gasteiger partial charge on any atom is -0.493 e. The van der Waals surface area contributed by atoms with E-state index in [4.69, 9.17) is 4.74 Å². The first-order valence-electron chi connectivity index (χ1n) is 9.31. The lowest BCUT2D eigenvalue weighted by Gasteiger charge is -2.13. The number of hydrogen-bond donors (Lipinski definition) is 1. The van der Waals surface area contributed by atoms with Crippen LogP contribution in [-0.4, -0.2) is 22.3 Å². The Labute approximate surface area is 159 Å². The van der Waals surface area contributed by atoms with Crippen LogP contribution in [0.25, 0.3) is 0 Å². The number of carbonyl (C=O) groups excluding carboxylic acids is 1. The van der Waals surface area contributed by atoms with E-state index in [1.807, 2.05) is 59.5 Å². The molecule has 0 spiro atoms. The molecular formula is C22H23N3O2. The lowest BCUT2D eigenvalue weighted by molar-refractivity contribution is -0.125. The molecule has 3 aromatic rings. The topological polar surface area (TPSA) is 56.2 Å². The zero-order valence-electron chi connectivity index (χ0n) is 15.2. The van der Waals surface area contributed by atoms with Gasteiger partial charge in [-0.25, -0.2) is 0 Å². The van der Waals surface area contributed by atoms with Crippen molar-refractivity contribution in [2.45, 2.75) is 25.9 Å². The van der Waals surface area contributed by atoms with E-state index in [0.717, 1.165) is 36.3 Å². The lowest BCUT2D eigenvalue weighted by Crippen LogP contribution is -2.31. The predicted octanol–water partition coefficient (Wildman–Crippen LogP) is 3.19. The van der Waals surface area contributed by atoms with E-state index < -0.39 is 0 Å². The number of amides is 1. The summed E-state index contributed by atoms with van der Waals surface area (Å²) in [6.07, 6.45) is 5.25. The molecule has 1 N–H and O–H groups in total. The molecular weight excluding hydrogens is 338 g/mol. The number of benzene rings is 2. The summed E-state index contributed by atoms with van der Waals surface area (Å²) in [5, 5.41) is 7.45. The van der Waals surface area contributed by atoms with Crippen LogP contribution in [0, 0.1) is 5.92 Å². The quantitative estimate of drug-likeness (QED) is 0.759. The van der Waals surface area contributed by atoms with Crippen molar-refractivity contribution in [3.05, 3.63) is 83.7 Å². The van der Waals surface area contributed by atoms with Gasteiger partial charge in [-0.2, -0.15) is 5.10 Å². The molecule has 1 aliphatic heterocycles. The second kappa shape index (κ2) is 8.08. The molecule has 1 aliphatic rings. The van der Waals surface area contributed by atoms with Crippen molar-refractivity contribution in [1.29, 1.82) is 0 Å². The van der Waals surface area contributed by atoms with Crippen molar-refractivity contribution in [3.63, 3.8) is 0 Å². The average molecular weight is 361 g/mol. The summed E-state index contributed by atoms with van der Waals surface area (Å²) < 4.78 is 7.65. The fourth-order valence-corrected chi connectivity index (χ4v) is 3.40. The Kier molecular flexibility index (Phi) is 5.19. The van der Waals surface area contributed by atoms with Crippen LogP contribution < -0.4 is 10.1 Å². The van der Waals surface area contributed by atoms with Crippen molar-refractivity contribution in [1.82, 2.24) is 15.1 Å². The molecule has 1 amide bonds. The maximum atomic E-state index is 12.6. The zero-order valence-corrected chi connectivity index (χ0v) is 15.2. The molecule has 0 fully saturated rings. The van der Waals surface area contributed by atoms with Gasteiger partial charge < -0.3 is 10.1 Å². The lowest BCUT2D eigenvalue weighted by atomic mass is 9.96. The van der Waals surface area contributed by atoms with Crippen molar-refractivity contribution in [2.75, 3.05) is 6.61 Å². The molecule has 1 aromatic heterocycles. The molecule has 0 radical (unpaired) electrons. The summed E-state index contributed by atoms with van der Waals surface area (Å²) in [5.74, 6) is 0.911. The fourth-order valence-electron chi connectivity index (χ4n) is 3.40. The van der Waals surface area contributed by atoms with Gasteiger partial charge in [-0.1, -0.05) is 48.5 Å². The van der Waals surface area contributed by atoms with Crippen LogP contribution in [0.3, 0.4) is 0 Å². The Balaban J connectivity index is 1.33. The number of rotatable bonds is 5. The molecule has 2 aromatic carbocycles. The largest absolute Gasteiger partial charge is 0.493 e. The van der Waals surface area contributed by atoms with Crippen LogP contribution in [0.5, 0.6) is 5.75 Å². The van der Waals surface area contributed by atoms with E-state index in [-0.39, 0.29) is 11.8 Å². The van der Waals surface area contributed by atoms with Crippen molar-refractivity contribution in [2.24, 2.45) is 5.92 Å². The molecule has 0 bridgehead atoms. The summed E-state index contributed by atoms with van der Waals surface area (Å²) >= 11 is 0. The summed E-state index contributed by atoms with van der Waals surface area (Å²) in [6, 6.07) is 18.2. The van der Waals surface area contributed by atoms with Crippen LogP contribution >= 0.6 is 0 Å². The summed E-state index contributed by atoms with van der Waals surface area (Å²) in [6.45, 7) is 1.79. The Bertz CT molecular complexity index is 905. The number of fused-ring (bicyclic) bond motifs is 1. The molecule has 2 heterocycles. The zero-order chi connectivity index (χ0) is 18.5. The highest BCUT2D eigenvalue weighted by Gasteiger charge is 2.23. The number of carbonyl (C=O) groups is 1. The Hall–Kier alpha value is -3.08. The number of ether oxygens (including phenoxy) is 1. The number of nitrogens with zero attached hydrogens (tertiary/aromatic N) is 2. The van der Waals surface area contributed by atoms with E-state index >= 15 is 0 Å². The Morgan fingerprint density at radius 1 is 1.11 bits per heavy atom. The first kappa shape index (κ1) is 17.3. The molecule has 5 heteroatoms. The molecule has 0 saturated heterocycles. The van der Waals surface area contributed by atoms with Crippen LogP contribution in [0.1, 0.15) is 23.1 Å². The van der Waals surface area contributed by atoms with Crippen LogP contribution in [0.4, 0.5) is 0 Å². The average Bonchev–Trinajstić information content (AvgIpc) is 3.02. The van der Waals surface area contributed by atoms with Crippen LogP contribution in [0.15, 0.2) is 67.0 Å². The molecule has 5 nitrogen and oxygen atoms in total.